The highest BCUT2D eigenvalue weighted by Gasteiger charge is 2.14. The normalized spacial score (nSPS) is 12.1. The van der Waals surface area contributed by atoms with E-state index in [2.05, 4.69) is 25.8 Å². The summed E-state index contributed by atoms with van der Waals surface area (Å²) >= 11 is 3.15. The number of imidazole rings is 1. The van der Waals surface area contributed by atoms with E-state index in [1.54, 1.807) is 22.7 Å². The van der Waals surface area contributed by atoms with E-state index in [9.17, 15) is 5.26 Å². The van der Waals surface area contributed by atoms with E-state index in [-0.39, 0.29) is 0 Å². The van der Waals surface area contributed by atoms with Gasteiger partial charge in [0.2, 0.25) is 0 Å². The van der Waals surface area contributed by atoms with Gasteiger partial charge < -0.3 is 0 Å². The molecule has 0 bridgehead atoms. The molecule has 0 unspecified atom stereocenters. The van der Waals surface area contributed by atoms with Crippen LogP contribution in [0.25, 0.3) is 26.8 Å². The quantitative estimate of drug-likeness (QED) is 0.499. The highest BCUT2D eigenvalue weighted by Crippen LogP contribution is 2.29. The Hall–Kier alpha value is -2.49. The molecule has 23 heavy (non-hydrogen) atoms. The second-order valence-corrected chi connectivity index (χ2v) is 7.10. The van der Waals surface area contributed by atoms with Gasteiger partial charge in [0.15, 0.2) is 4.96 Å². The minimum Gasteiger partial charge on any atom is -0.288 e. The number of aryl methyl sites for hydroxylation is 2. The van der Waals surface area contributed by atoms with E-state index in [4.69, 9.17) is 0 Å². The molecular formula is C17H12N4S2. The molecule has 6 heteroatoms. The molecule has 4 aromatic rings. The predicted octanol–water partition coefficient (Wildman–Crippen LogP) is 4.69. The molecule has 3 heterocycles. The zero-order valence-electron chi connectivity index (χ0n) is 12.6. The minimum absolute atomic E-state index is 0.571. The van der Waals surface area contributed by atoms with E-state index in [1.165, 1.54) is 0 Å². The molecular weight excluding hydrogens is 324 g/mol. The average molecular weight is 336 g/mol. The van der Waals surface area contributed by atoms with Crippen LogP contribution in [-0.2, 0) is 0 Å². The fraction of sp³-hybridized carbons (Fsp3) is 0.118. The molecule has 0 N–H and O–H groups in total. The van der Waals surface area contributed by atoms with Gasteiger partial charge >= 0.3 is 0 Å². The Labute approximate surface area is 141 Å². The molecule has 4 rings (SSSR count). The first-order valence-electron chi connectivity index (χ1n) is 7.08. The van der Waals surface area contributed by atoms with Gasteiger partial charge in [0.25, 0.3) is 0 Å². The number of fused-ring (bicyclic) bond motifs is 2. The summed E-state index contributed by atoms with van der Waals surface area (Å²) in [5.74, 6) is 0. The lowest BCUT2D eigenvalue weighted by molar-refractivity contribution is 1.11. The zero-order valence-corrected chi connectivity index (χ0v) is 14.2. The monoisotopic (exact) mass is 336 g/mol. The summed E-state index contributed by atoms with van der Waals surface area (Å²) in [6.45, 7) is 4.02. The van der Waals surface area contributed by atoms with Crippen molar-refractivity contribution in [3.63, 3.8) is 0 Å². The summed E-state index contributed by atoms with van der Waals surface area (Å²) in [5.41, 5.74) is 4.50. The van der Waals surface area contributed by atoms with Crippen molar-refractivity contribution in [2.24, 2.45) is 0 Å². The first-order valence-corrected chi connectivity index (χ1v) is 8.78. The van der Waals surface area contributed by atoms with Gasteiger partial charge in [0, 0.05) is 11.1 Å². The zero-order chi connectivity index (χ0) is 16.0. The number of aromatic nitrogens is 3. The molecule has 0 aliphatic heterocycles. The molecule has 0 aliphatic carbocycles. The van der Waals surface area contributed by atoms with Crippen LogP contribution in [0.2, 0.25) is 0 Å². The van der Waals surface area contributed by atoms with Crippen molar-refractivity contribution in [3.05, 3.63) is 51.7 Å². The van der Waals surface area contributed by atoms with Gasteiger partial charge in [-0.2, -0.15) is 5.26 Å². The van der Waals surface area contributed by atoms with Gasteiger partial charge in [-0.1, -0.05) is 12.1 Å². The van der Waals surface area contributed by atoms with E-state index in [1.807, 2.05) is 44.2 Å². The molecule has 3 aromatic heterocycles. The van der Waals surface area contributed by atoms with E-state index in [0.717, 1.165) is 37.3 Å². The van der Waals surface area contributed by atoms with E-state index >= 15 is 0 Å². The Bertz CT molecular complexity index is 1070. The predicted molar refractivity (Wildman–Crippen MR) is 95.6 cm³/mol. The SMILES string of the molecule is Cc1nc2scc(C)n2c1/C=C(\C#N)c1nc2ccccc2s1. The number of allylic oxidation sites excluding steroid dienone is 1. The molecule has 0 spiro atoms. The Morgan fingerprint density at radius 2 is 2.09 bits per heavy atom. The van der Waals surface area contributed by atoms with Gasteiger partial charge in [-0.15, -0.1) is 22.7 Å². The molecule has 0 atom stereocenters. The Morgan fingerprint density at radius 3 is 2.87 bits per heavy atom. The standard InChI is InChI=1S/C17H12N4S2/c1-10-9-22-17-19-11(2)14(21(10)17)7-12(8-18)16-20-13-5-3-4-6-15(13)23-16/h3-7,9H,1-2H3/b12-7+. The molecule has 0 fully saturated rings. The number of hydrogen-bond donors (Lipinski definition) is 0. The third-order valence-corrected chi connectivity index (χ3v) is 5.69. The van der Waals surface area contributed by atoms with Crippen LogP contribution in [0.1, 0.15) is 22.1 Å². The molecule has 0 aliphatic rings. The number of thiazole rings is 2. The second kappa shape index (κ2) is 5.30. The van der Waals surface area contributed by atoms with Gasteiger partial charge in [-0.3, -0.25) is 4.40 Å². The Balaban J connectivity index is 1.91. The van der Waals surface area contributed by atoms with Crippen LogP contribution in [0, 0.1) is 25.2 Å². The summed E-state index contributed by atoms with van der Waals surface area (Å²) in [7, 11) is 0. The number of nitriles is 1. The second-order valence-electron chi connectivity index (χ2n) is 5.23. The van der Waals surface area contributed by atoms with Crippen LogP contribution < -0.4 is 0 Å². The lowest BCUT2D eigenvalue weighted by Gasteiger charge is -1.98. The van der Waals surface area contributed by atoms with Crippen molar-refractivity contribution in [3.8, 4) is 6.07 Å². The van der Waals surface area contributed by atoms with Gasteiger partial charge in [0.05, 0.1) is 27.2 Å². The third-order valence-electron chi connectivity index (χ3n) is 3.68. The highest BCUT2D eigenvalue weighted by atomic mass is 32.1. The van der Waals surface area contributed by atoms with Crippen molar-refractivity contribution in [1.29, 1.82) is 5.26 Å². The smallest absolute Gasteiger partial charge is 0.194 e. The first-order chi connectivity index (χ1) is 11.2. The van der Waals surface area contributed by atoms with Crippen LogP contribution in [0.3, 0.4) is 0 Å². The fourth-order valence-electron chi connectivity index (χ4n) is 2.56. The van der Waals surface area contributed by atoms with Crippen LogP contribution in [0.5, 0.6) is 0 Å². The summed E-state index contributed by atoms with van der Waals surface area (Å²) in [6.07, 6.45) is 1.90. The first kappa shape index (κ1) is 14.1. The van der Waals surface area contributed by atoms with E-state index in [0.29, 0.717) is 5.57 Å². The summed E-state index contributed by atoms with van der Waals surface area (Å²) in [5, 5.41) is 12.4. The fourth-order valence-corrected chi connectivity index (χ4v) is 4.41. The maximum atomic E-state index is 9.61. The number of benzene rings is 1. The van der Waals surface area contributed by atoms with Crippen molar-refractivity contribution in [2.45, 2.75) is 13.8 Å². The van der Waals surface area contributed by atoms with Crippen molar-refractivity contribution in [2.75, 3.05) is 0 Å². The van der Waals surface area contributed by atoms with Crippen LogP contribution in [0.4, 0.5) is 0 Å². The van der Waals surface area contributed by atoms with Crippen molar-refractivity contribution >= 4 is 49.5 Å². The molecule has 0 radical (unpaired) electrons. The van der Waals surface area contributed by atoms with Crippen molar-refractivity contribution < 1.29 is 0 Å². The molecule has 0 saturated heterocycles. The Morgan fingerprint density at radius 1 is 1.26 bits per heavy atom. The highest BCUT2D eigenvalue weighted by molar-refractivity contribution is 7.19. The molecule has 1 aromatic carbocycles. The summed E-state index contributed by atoms with van der Waals surface area (Å²) in [4.78, 5) is 10.1. The largest absolute Gasteiger partial charge is 0.288 e. The number of hydrogen-bond acceptors (Lipinski definition) is 5. The lowest BCUT2D eigenvalue weighted by atomic mass is 10.2. The lowest BCUT2D eigenvalue weighted by Crippen LogP contribution is -1.90. The molecule has 0 amide bonds. The molecule has 0 saturated carbocycles. The number of rotatable bonds is 2. The third kappa shape index (κ3) is 2.25. The average Bonchev–Trinajstić information content (AvgIpc) is 3.20. The number of nitrogens with zero attached hydrogens (tertiary/aromatic N) is 4. The van der Waals surface area contributed by atoms with Gasteiger partial charge in [-0.05, 0) is 32.1 Å². The Kier molecular flexibility index (Phi) is 3.26. The van der Waals surface area contributed by atoms with Crippen LogP contribution in [-0.4, -0.2) is 14.4 Å². The van der Waals surface area contributed by atoms with Crippen LogP contribution >= 0.6 is 22.7 Å². The van der Waals surface area contributed by atoms with Gasteiger partial charge in [0.1, 0.15) is 11.1 Å². The van der Waals surface area contributed by atoms with E-state index < -0.39 is 0 Å². The summed E-state index contributed by atoms with van der Waals surface area (Å²) in [6, 6.07) is 10.2. The molecule has 4 nitrogen and oxygen atoms in total. The van der Waals surface area contributed by atoms with Gasteiger partial charge in [-0.25, -0.2) is 9.97 Å². The molecule has 112 valence electrons. The van der Waals surface area contributed by atoms with Crippen LogP contribution in [0.15, 0.2) is 29.6 Å². The maximum Gasteiger partial charge on any atom is 0.194 e. The number of para-hydroxylation sites is 1. The summed E-state index contributed by atoms with van der Waals surface area (Å²) < 4.78 is 3.18. The maximum absolute atomic E-state index is 9.61. The van der Waals surface area contributed by atoms with Crippen molar-refractivity contribution in [1.82, 2.24) is 14.4 Å². The topological polar surface area (TPSA) is 54.0 Å². The minimum atomic E-state index is 0.571.